The first-order chi connectivity index (χ1) is 10.2. The number of hydrogen-bond acceptors (Lipinski definition) is 6. The second-order valence-corrected chi connectivity index (χ2v) is 5.29. The number of fused-ring (bicyclic) bond motifs is 1. The zero-order valence-electron chi connectivity index (χ0n) is 12.3. The fraction of sp³-hybridized carbons (Fsp3) is 0.467. The highest BCUT2D eigenvalue weighted by Gasteiger charge is 2.27. The van der Waals surface area contributed by atoms with Gasteiger partial charge >= 0.3 is 0 Å². The Hall–Kier alpha value is -1.92. The summed E-state index contributed by atoms with van der Waals surface area (Å²) in [5, 5.41) is 13.4. The van der Waals surface area contributed by atoms with Crippen LogP contribution in [0.25, 0.3) is 10.9 Å². The molecule has 6 heteroatoms. The SMILES string of the molecule is CNc1nc(N2CC(C)OC(CO)C2)c2ccccc2n1. The maximum atomic E-state index is 9.39. The van der Waals surface area contributed by atoms with Gasteiger partial charge in [-0.3, -0.25) is 0 Å². The highest BCUT2D eigenvalue weighted by atomic mass is 16.5. The fourth-order valence-electron chi connectivity index (χ4n) is 2.73. The van der Waals surface area contributed by atoms with Gasteiger partial charge in [-0.15, -0.1) is 0 Å². The van der Waals surface area contributed by atoms with Crippen LogP contribution in [0.4, 0.5) is 11.8 Å². The van der Waals surface area contributed by atoms with E-state index in [2.05, 4.69) is 20.2 Å². The Kier molecular flexibility index (Phi) is 3.90. The molecule has 2 aromatic rings. The zero-order chi connectivity index (χ0) is 14.8. The van der Waals surface area contributed by atoms with Crippen LogP contribution in [0.5, 0.6) is 0 Å². The average molecular weight is 288 g/mol. The van der Waals surface area contributed by atoms with E-state index >= 15 is 0 Å². The zero-order valence-corrected chi connectivity index (χ0v) is 12.3. The van der Waals surface area contributed by atoms with E-state index in [1.807, 2.05) is 38.2 Å². The van der Waals surface area contributed by atoms with Crippen molar-refractivity contribution in [1.82, 2.24) is 9.97 Å². The molecular weight excluding hydrogens is 268 g/mol. The van der Waals surface area contributed by atoms with E-state index in [1.165, 1.54) is 0 Å². The summed E-state index contributed by atoms with van der Waals surface area (Å²) >= 11 is 0. The largest absolute Gasteiger partial charge is 0.394 e. The van der Waals surface area contributed by atoms with Gasteiger partial charge in [-0.2, -0.15) is 4.98 Å². The van der Waals surface area contributed by atoms with E-state index in [1.54, 1.807) is 0 Å². The lowest BCUT2D eigenvalue weighted by Crippen LogP contribution is -2.48. The van der Waals surface area contributed by atoms with E-state index in [9.17, 15) is 5.11 Å². The molecule has 112 valence electrons. The Morgan fingerprint density at radius 1 is 1.33 bits per heavy atom. The number of benzene rings is 1. The van der Waals surface area contributed by atoms with Crippen molar-refractivity contribution in [1.29, 1.82) is 0 Å². The van der Waals surface area contributed by atoms with Gasteiger partial charge in [-0.1, -0.05) is 12.1 Å². The lowest BCUT2D eigenvalue weighted by atomic mass is 10.1. The van der Waals surface area contributed by atoms with Crippen LogP contribution < -0.4 is 10.2 Å². The predicted octanol–water partition coefficient (Wildman–Crippen LogP) is 1.26. The van der Waals surface area contributed by atoms with Crippen LogP contribution in [0.15, 0.2) is 24.3 Å². The molecule has 3 rings (SSSR count). The van der Waals surface area contributed by atoms with Crippen molar-refractivity contribution in [2.75, 3.05) is 37.0 Å². The van der Waals surface area contributed by atoms with E-state index in [0.717, 1.165) is 23.3 Å². The topological polar surface area (TPSA) is 70.5 Å². The maximum absolute atomic E-state index is 9.39. The molecule has 1 fully saturated rings. The Labute approximate surface area is 123 Å². The summed E-state index contributed by atoms with van der Waals surface area (Å²) in [5.74, 6) is 1.49. The molecule has 1 aromatic heterocycles. The Bertz CT molecular complexity index is 634. The van der Waals surface area contributed by atoms with Crippen molar-refractivity contribution < 1.29 is 9.84 Å². The number of aromatic nitrogens is 2. The van der Waals surface area contributed by atoms with E-state index in [4.69, 9.17) is 4.74 Å². The number of hydrogen-bond donors (Lipinski definition) is 2. The van der Waals surface area contributed by atoms with Gasteiger partial charge in [0.2, 0.25) is 5.95 Å². The number of nitrogens with zero attached hydrogens (tertiary/aromatic N) is 3. The van der Waals surface area contributed by atoms with Crippen molar-refractivity contribution in [3.63, 3.8) is 0 Å². The van der Waals surface area contributed by atoms with Crippen molar-refractivity contribution in [2.24, 2.45) is 0 Å². The summed E-state index contributed by atoms with van der Waals surface area (Å²) in [6, 6.07) is 7.96. The van der Waals surface area contributed by atoms with Crippen molar-refractivity contribution in [2.45, 2.75) is 19.1 Å². The van der Waals surface area contributed by atoms with Crippen LogP contribution in [-0.4, -0.2) is 54.0 Å². The van der Waals surface area contributed by atoms with Crippen LogP contribution in [0.2, 0.25) is 0 Å². The predicted molar refractivity (Wildman–Crippen MR) is 82.7 cm³/mol. The molecule has 0 radical (unpaired) electrons. The number of anilines is 2. The van der Waals surface area contributed by atoms with E-state index < -0.39 is 0 Å². The molecule has 2 N–H and O–H groups in total. The summed E-state index contributed by atoms with van der Waals surface area (Å²) < 4.78 is 5.71. The standard InChI is InChI=1S/C15H20N4O2/c1-10-7-19(8-11(9-20)21-10)14-12-5-3-4-6-13(12)17-15(16-2)18-14/h3-6,10-11,20H,7-9H2,1-2H3,(H,16,17,18). The van der Waals surface area contributed by atoms with Crippen molar-refractivity contribution in [3.8, 4) is 0 Å². The molecule has 1 aromatic carbocycles. The first-order valence-corrected chi connectivity index (χ1v) is 7.17. The summed E-state index contributed by atoms with van der Waals surface area (Å²) in [5.41, 5.74) is 0.909. The Morgan fingerprint density at radius 2 is 2.14 bits per heavy atom. The monoisotopic (exact) mass is 288 g/mol. The third kappa shape index (κ3) is 2.77. The number of nitrogens with one attached hydrogen (secondary N) is 1. The molecule has 2 heterocycles. The molecule has 1 saturated heterocycles. The van der Waals surface area contributed by atoms with Crippen molar-refractivity contribution >= 4 is 22.7 Å². The Balaban J connectivity index is 2.05. The number of aliphatic hydroxyl groups is 1. The lowest BCUT2D eigenvalue weighted by Gasteiger charge is -2.37. The average Bonchev–Trinajstić information content (AvgIpc) is 2.53. The fourth-order valence-corrected chi connectivity index (χ4v) is 2.73. The molecule has 0 saturated carbocycles. The summed E-state index contributed by atoms with van der Waals surface area (Å²) in [4.78, 5) is 11.3. The second kappa shape index (κ2) is 5.83. The summed E-state index contributed by atoms with van der Waals surface area (Å²) in [6.45, 7) is 3.41. The highest BCUT2D eigenvalue weighted by Crippen LogP contribution is 2.27. The molecule has 0 aliphatic carbocycles. The number of para-hydroxylation sites is 1. The number of morpholine rings is 1. The maximum Gasteiger partial charge on any atom is 0.224 e. The first kappa shape index (κ1) is 14.0. The van der Waals surface area contributed by atoms with Crippen LogP contribution in [-0.2, 0) is 4.74 Å². The van der Waals surface area contributed by atoms with Gasteiger partial charge < -0.3 is 20.1 Å². The number of ether oxygens (including phenoxy) is 1. The van der Waals surface area contributed by atoms with Gasteiger partial charge in [-0.25, -0.2) is 4.98 Å². The lowest BCUT2D eigenvalue weighted by molar-refractivity contribution is -0.0422. The number of aliphatic hydroxyl groups excluding tert-OH is 1. The minimum atomic E-state index is -0.180. The Morgan fingerprint density at radius 3 is 2.90 bits per heavy atom. The van der Waals surface area contributed by atoms with Crippen LogP contribution in [0.3, 0.4) is 0 Å². The van der Waals surface area contributed by atoms with Crippen LogP contribution >= 0.6 is 0 Å². The molecule has 6 nitrogen and oxygen atoms in total. The molecule has 1 aliphatic heterocycles. The minimum absolute atomic E-state index is 0.0166. The van der Waals surface area contributed by atoms with E-state index in [0.29, 0.717) is 12.5 Å². The minimum Gasteiger partial charge on any atom is -0.394 e. The normalized spacial score (nSPS) is 22.5. The van der Waals surface area contributed by atoms with Crippen LogP contribution in [0, 0.1) is 0 Å². The van der Waals surface area contributed by atoms with Gasteiger partial charge in [0.05, 0.1) is 24.3 Å². The summed E-state index contributed by atoms with van der Waals surface area (Å²) in [7, 11) is 1.81. The van der Waals surface area contributed by atoms with Gasteiger partial charge in [0.1, 0.15) is 5.82 Å². The van der Waals surface area contributed by atoms with Gasteiger partial charge in [0, 0.05) is 25.5 Å². The summed E-state index contributed by atoms with van der Waals surface area (Å²) in [6.07, 6.45) is -0.122. The highest BCUT2D eigenvalue weighted by molar-refractivity contribution is 5.90. The molecule has 0 spiro atoms. The molecule has 1 aliphatic rings. The quantitative estimate of drug-likeness (QED) is 0.886. The van der Waals surface area contributed by atoms with E-state index in [-0.39, 0.29) is 18.8 Å². The first-order valence-electron chi connectivity index (χ1n) is 7.17. The van der Waals surface area contributed by atoms with Gasteiger partial charge in [-0.05, 0) is 19.1 Å². The smallest absolute Gasteiger partial charge is 0.224 e. The second-order valence-electron chi connectivity index (χ2n) is 5.29. The molecule has 0 amide bonds. The molecule has 21 heavy (non-hydrogen) atoms. The molecule has 2 unspecified atom stereocenters. The van der Waals surface area contributed by atoms with Gasteiger partial charge in [0.25, 0.3) is 0 Å². The number of rotatable bonds is 3. The molecular formula is C15H20N4O2. The molecule has 2 atom stereocenters. The van der Waals surface area contributed by atoms with Crippen molar-refractivity contribution in [3.05, 3.63) is 24.3 Å². The van der Waals surface area contributed by atoms with Crippen LogP contribution in [0.1, 0.15) is 6.92 Å². The van der Waals surface area contributed by atoms with Gasteiger partial charge in [0.15, 0.2) is 0 Å². The molecule has 0 bridgehead atoms. The third-order valence-electron chi connectivity index (χ3n) is 3.64. The third-order valence-corrected chi connectivity index (χ3v) is 3.64.